The topological polar surface area (TPSA) is 72.7 Å². The van der Waals surface area contributed by atoms with Crippen molar-refractivity contribution in [3.63, 3.8) is 0 Å². The molecule has 7 nitrogen and oxygen atoms in total. The Hall–Kier alpha value is -3.67. The zero-order valence-electron chi connectivity index (χ0n) is 22.5. The maximum atomic E-state index is 14.4. The predicted molar refractivity (Wildman–Crippen MR) is 144 cm³/mol. The van der Waals surface area contributed by atoms with Gasteiger partial charge in [0.15, 0.2) is 11.6 Å². The summed E-state index contributed by atoms with van der Waals surface area (Å²) in [4.78, 5) is 22.4. The molecular formula is C29H35F2N5O2. The lowest BCUT2D eigenvalue weighted by atomic mass is 9.88. The Morgan fingerprint density at radius 2 is 1.79 bits per heavy atom. The molecule has 202 valence electrons. The number of aldehydes is 1. The molecule has 1 aromatic heterocycles. The molecule has 9 heteroatoms. The molecule has 0 bridgehead atoms. The van der Waals surface area contributed by atoms with E-state index in [9.17, 15) is 18.8 Å². The summed E-state index contributed by atoms with van der Waals surface area (Å²) in [6, 6.07) is 8.82. The van der Waals surface area contributed by atoms with Gasteiger partial charge in [-0.05, 0) is 56.6 Å². The summed E-state index contributed by atoms with van der Waals surface area (Å²) >= 11 is 0. The first-order chi connectivity index (χ1) is 18.3. The molecule has 2 fully saturated rings. The largest absolute Gasteiger partial charge is 0.493 e. The molecule has 2 saturated carbocycles. The maximum absolute atomic E-state index is 14.4. The molecule has 2 aliphatic carbocycles. The lowest BCUT2D eigenvalue weighted by Crippen LogP contribution is -2.43. The smallest absolute Gasteiger partial charge is 0.200 e. The molecule has 0 radical (unpaired) electrons. The van der Waals surface area contributed by atoms with Gasteiger partial charge in [-0.3, -0.25) is 4.79 Å². The third-order valence-electron chi connectivity index (χ3n) is 7.66. The summed E-state index contributed by atoms with van der Waals surface area (Å²) in [5, 5.41) is 9.41. The van der Waals surface area contributed by atoms with Gasteiger partial charge in [-0.1, -0.05) is 0 Å². The van der Waals surface area contributed by atoms with Gasteiger partial charge in [0.25, 0.3) is 0 Å². The first-order valence-electron chi connectivity index (χ1n) is 13.0. The number of anilines is 2. The number of hydrogen-bond acceptors (Lipinski definition) is 7. The van der Waals surface area contributed by atoms with Crippen LogP contribution in [-0.2, 0) is 4.79 Å². The molecule has 0 saturated heterocycles. The minimum absolute atomic E-state index is 0.0818. The van der Waals surface area contributed by atoms with Crippen molar-refractivity contribution in [1.82, 2.24) is 9.88 Å². The Morgan fingerprint density at radius 3 is 2.37 bits per heavy atom. The first-order valence-corrected chi connectivity index (χ1v) is 13.0. The normalized spacial score (nSPS) is 19.4. The molecule has 0 N–H and O–H groups in total. The second kappa shape index (κ2) is 11.8. The molecule has 0 atom stereocenters. The van der Waals surface area contributed by atoms with Gasteiger partial charge in [0.05, 0.1) is 18.5 Å². The summed E-state index contributed by atoms with van der Waals surface area (Å²) in [6.45, 7) is 0.812. The molecule has 0 unspecified atom stereocenters. The fourth-order valence-corrected chi connectivity index (χ4v) is 5.35. The molecule has 2 aromatic rings. The third kappa shape index (κ3) is 5.90. The van der Waals surface area contributed by atoms with Gasteiger partial charge in [-0.25, -0.2) is 9.37 Å². The molecule has 4 rings (SSSR count). The Bertz CT molecular complexity index is 1230. The fraction of sp³-hybridized carbons (Fsp3) is 0.483. The van der Waals surface area contributed by atoms with Crippen molar-refractivity contribution in [3.8, 4) is 11.8 Å². The van der Waals surface area contributed by atoms with Crippen LogP contribution in [-0.4, -0.2) is 63.1 Å². The second-order valence-corrected chi connectivity index (χ2v) is 10.4. The molecule has 0 amide bonds. The number of halogens is 2. The van der Waals surface area contributed by atoms with E-state index in [1.807, 2.05) is 32.1 Å². The van der Waals surface area contributed by atoms with E-state index in [2.05, 4.69) is 20.9 Å². The summed E-state index contributed by atoms with van der Waals surface area (Å²) in [7, 11) is 7.11. The van der Waals surface area contributed by atoms with E-state index in [1.54, 1.807) is 12.1 Å². The maximum Gasteiger partial charge on any atom is 0.200 e. The van der Waals surface area contributed by atoms with Crippen molar-refractivity contribution in [2.45, 2.75) is 50.6 Å². The van der Waals surface area contributed by atoms with Gasteiger partial charge in [0.2, 0.25) is 5.82 Å². The lowest BCUT2D eigenvalue weighted by molar-refractivity contribution is -0.104. The number of methoxy groups -OCH3 is 1. The molecular weight excluding hydrogens is 488 g/mol. The average Bonchev–Trinajstić information content (AvgIpc) is 3.75. The lowest BCUT2D eigenvalue weighted by Gasteiger charge is -2.42. The number of carbonyl (C=O) groups excluding carboxylic acids is 1. The second-order valence-electron chi connectivity index (χ2n) is 10.4. The highest BCUT2D eigenvalue weighted by molar-refractivity contribution is 5.84. The van der Waals surface area contributed by atoms with E-state index < -0.39 is 11.6 Å². The summed E-state index contributed by atoms with van der Waals surface area (Å²) in [5.74, 6) is -1.38. The van der Waals surface area contributed by atoms with Crippen LogP contribution in [0.4, 0.5) is 20.2 Å². The number of rotatable bonds is 10. The van der Waals surface area contributed by atoms with Crippen molar-refractivity contribution in [3.05, 3.63) is 53.4 Å². The standard InChI is InChI=1S/C29H35F2N5O2/c1-34(2)25-12-7-20(17-32)33-29(25)26(13-14-37)35(3)21-8-10-22(11-9-21)36(18-19-5-6-19)23-15-24(30)28(31)27(16-23)38-4/h7,12-16,19,21-22H,5-6,8-11,18H2,1-4H3/b26-13+. The quantitative estimate of drug-likeness (QED) is 0.320. The van der Waals surface area contributed by atoms with Crippen molar-refractivity contribution in [1.29, 1.82) is 5.26 Å². The van der Waals surface area contributed by atoms with Crippen LogP contribution >= 0.6 is 0 Å². The Balaban J connectivity index is 1.55. The van der Waals surface area contributed by atoms with Crippen LogP contribution in [0.3, 0.4) is 0 Å². The van der Waals surface area contributed by atoms with Crippen molar-refractivity contribution < 1.29 is 18.3 Å². The zero-order chi connectivity index (χ0) is 27.4. The highest BCUT2D eigenvalue weighted by Crippen LogP contribution is 2.39. The van der Waals surface area contributed by atoms with Crippen LogP contribution in [0.25, 0.3) is 5.70 Å². The predicted octanol–water partition coefficient (Wildman–Crippen LogP) is 5.01. The zero-order valence-corrected chi connectivity index (χ0v) is 22.5. The number of ether oxygens (including phenoxy) is 1. The Labute approximate surface area is 223 Å². The van der Waals surface area contributed by atoms with Gasteiger partial charge in [0.1, 0.15) is 23.7 Å². The molecule has 38 heavy (non-hydrogen) atoms. The van der Waals surface area contributed by atoms with Crippen LogP contribution in [0, 0.1) is 28.9 Å². The highest BCUT2D eigenvalue weighted by atomic mass is 19.2. The number of nitrogens with zero attached hydrogens (tertiary/aromatic N) is 5. The van der Waals surface area contributed by atoms with Crippen LogP contribution in [0.2, 0.25) is 0 Å². The van der Waals surface area contributed by atoms with E-state index in [4.69, 9.17) is 4.74 Å². The molecule has 1 aromatic carbocycles. The summed E-state index contributed by atoms with van der Waals surface area (Å²) in [6.07, 6.45) is 8.01. The monoisotopic (exact) mass is 523 g/mol. The molecule has 1 heterocycles. The number of carbonyl (C=O) groups is 1. The number of aromatic nitrogens is 1. The van der Waals surface area contributed by atoms with E-state index in [0.717, 1.165) is 57.0 Å². The molecule has 0 spiro atoms. The van der Waals surface area contributed by atoms with Crippen LogP contribution in [0.5, 0.6) is 5.75 Å². The minimum atomic E-state index is -0.964. The Kier molecular flexibility index (Phi) is 8.50. The number of nitriles is 1. The van der Waals surface area contributed by atoms with E-state index in [0.29, 0.717) is 23.0 Å². The van der Waals surface area contributed by atoms with Gasteiger partial charge >= 0.3 is 0 Å². The summed E-state index contributed by atoms with van der Waals surface area (Å²) in [5.41, 5.74) is 3.02. The SMILES string of the molecule is COc1cc(N(CC2CC2)C2CCC(N(C)/C(=C/C=O)c3nc(C#N)ccc3N(C)C)CC2)cc(F)c1F. The first kappa shape index (κ1) is 27.4. The van der Waals surface area contributed by atoms with Crippen molar-refractivity contribution in [2.75, 3.05) is 44.6 Å². The van der Waals surface area contributed by atoms with E-state index >= 15 is 0 Å². The minimum Gasteiger partial charge on any atom is -0.493 e. The van der Waals surface area contributed by atoms with Gasteiger partial charge < -0.3 is 19.4 Å². The molecule has 2 aliphatic rings. The van der Waals surface area contributed by atoms with E-state index in [1.165, 1.54) is 19.3 Å². The summed E-state index contributed by atoms with van der Waals surface area (Å²) < 4.78 is 33.6. The third-order valence-corrected chi connectivity index (χ3v) is 7.66. The van der Waals surface area contributed by atoms with Crippen LogP contribution < -0.4 is 14.5 Å². The van der Waals surface area contributed by atoms with E-state index in [-0.39, 0.29) is 23.5 Å². The van der Waals surface area contributed by atoms with Gasteiger partial charge in [-0.2, -0.15) is 9.65 Å². The average molecular weight is 524 g/mol. The van der Waals surface area contributed by atoms with Gasteiger partial charge in [-0.15, -0.1) is 0 Å². The fourth-order valence-electron chi connectivity index (χ4n) is 5.35. The number of allylic oxidation sites excluding steroid dienone is 1. The van der Waals surface area contributed by atoms with Crippen molar-refractivity contribution >= 4 is 23.4 Å². The Morgan fingerprint density at radius 1 is 1.11 bits per heavy atom. The number of pyridine rings is 1. The van der Waals surface area contributed by atoms with Crippen molar-refractivity contribution in [2.24, 2.45) is 5.92 Å². The number of hydrogen-bond donors (Lipinski definition) is 0. The van der Waals surface area contributed by atoms with Crippen LogP contribution in [0.15, 0.2) is 30.3 Å². The molecule has 0 aliphatic heterocycles. The highest BCUT2D eigenvalue weighted by Gasteiger charge is 2.34. The number of benzene rings is 1. The van der Waals surface area contributed by atoms with Gasteiger partial charge in [0, 0.05) is 63.7 Å². The van der Waals surface area contributed by atoms with Crippen LogP contribution in [0.1, 0.15) is 49.9 Å².